The van der Waals surface area contributed by atoms with Crippen molar-refractivity contribution in [1.82, 2.24) is 4.90 Å². The fourth-order valence-electron chi connectivity index (χ4n) is 1.79. The second kappa shape index (κ2) is 9.43. The van der Waals surface area contributed by atoms with Crippen molar-refractivity contribution in [1.29, 1.82) is 0 Å². The van der Waals surface area contributed by atoms with Gasteiger partial charge in [-0.1, -0.05) is 49.9 Å². The molecule has 1 rings (SSSR count). The third-order valence-electron chi connectivity index (χ3n) is 3.02. The number of anilines is 1. The molecule has 5 heteroatoms. The van der Waals surface area contributed by atoms with E-state index in [9.17, 15) is 0 Å². The third kappa shape index (κ3) is 5.86. The van der Waals surface area contributed by atoms with E-state index < -0.39 is 0 Å². The van der Waals surface area contributed by atoms with Crippen LogP contribution in [0.5, 0.6) is 0 Å². The largest absolute Gasteiger partial charge is 0.349 e. The lowest BCUT2D eigenvalue weighted by molar-refractivity contribution is 0.403. The van der Waals surface area contributed by atoms with Crippen LogP contribution in [-0.2, 0) is 0 Å². The van der Waals surface area contributed by atoms with Crippen LogP contribution < -0.4 is 5.32 Å². The molecule has 0 bridgehead atoms. The number of halogens is 2. The highest BCUT2D eigenvalue weighted by Crippen LogP contribution is 2.25. The second-order valence-electron chi connectivity index (χ2n) is 4.75. The summed E-state index contributed by atoms with van der Waals surface area (Å²) in [5, 5.41) is 5.09. The molecule has 1 N–H and O–H groups in total. The molecule has 0 atom stereocenters. The molecule has 2 nitrogen and oxygen atoms in total. The molecule has 0 saturated heterocycles. The average molecular weight is 333 g/mol. The fraction of sp³-hybridized carbons (Fsp3) is 0.533. The van der Waals surface area contributed by atoms with Crippen molar-refractivity contribution in [3.63, 3.8) is 0 Å². The summed E-state index contributed by atoms with van der Waals surface area (Å²) < 4.78 is 0. The summed E-state index contributed by atoms with van der Waals surface area (Å²) in [6.45, 7) is 6.36. The van der Waals surface area contributed by atoms with E-state index in [4.69, 9.17) is 35.4 Å². The van der Waals surface area contributed by atoms with Gasteiger partial charge in [0.1, 0.15) is 0 Å². The molecule has 1 aromatic rings. The number of hydrogen-bond donors (Lipinski definition) is 1. The number of nitrogens with one attached hydrogen (secondary N) is 1. The van der Waals surface area contributed by atoms with Gasteiger partial charge < -0.3 is 10.2 Å². The molecule has 0 aromatic heterocycles. The highest BCUT2D eigenvalue weighted by atomic mass is 35.5. The van der Waals surface area contributed by atoms with Gasteiger partial charge in [-0.3, -0.25) is 0 Å². The Labute approximate surface area is 137 Å². The van der Waals surface area contributed by atoms with E-state index in [1.165, 1.54) is 0 Å². The van der Waals surface area contributed by atoms with Crippen molar-refractivity contribution in [2.24, 2.45) is 0 Å². The minimum absolute atomic E-state index is 0.535. The van der Waals surface area contributed by atoms with Crippen LogP contribution in [0.4, 0.5) is 5.69 Å². The maximum absolute atomic E-state index is 6.02. The quantitative estimate of drug-likeness (QED) is 0.655. The van der Waals surface area contributed by atoms with Crippen molar-refractivity contribution < 1.29 is 0 Å². The zero-order valence-electron chi connectivity index (χ0n) is 12.1. The van der Waals surface area contributed by atoms with Crippen molar-refractivity contribution in [3.8, 4) is 0 Å². The monoisotopic (exact) mass is 332 g/mol. The van der Waals surface area contributed by atoms with E-state index in [0.29, 0.717) is 10.0 Å². The number of unbranched alkanes of at least 4 members (excludes halogenated alkanes) is 2. The zero-order valence-corrected chi connectivity index (χ0v) is 14.4. The standard InChI is InChI=1S/C15H22Cl2N2S/c1-3-5-9-19(10-6-4-2)15(20)18-12-7-8-13(16)14(17)11-12/h7-8,11H,3-6,9-10H2,1-2H3,(H,18,20). The van der Waals surface area contributed by atoms with Gasteiger partial charge >= 0.3 is 0 Å². The van der Waals surface area contributed by atoms with Crippen LogP contribution in [0.2, 0.25) is 10.0 Å². The molecule has 0 heterocycles. The number of rotatable bonds is 7. The number of thiocarbonyl (C=S) groups is 1. The second-order valence-corrected chi connectivity index (χ2v) is 5.95. The lowest BCUT2D eigenvalue weighted by Crippen LogP contribution is -2.36. The molecule has 0 aliphatic rings. The van der Waals surface area contributed by atoms with Gasteiger partial charge in [-0.25, -0.2) is 0 Å². The molecule has 0 aliphatic heterocycles. The smallest absolute Gasteiger partial charge is 0.173 e. The van der Waals surface area contributed by atoms with Gasteiger partial charge in [-0.05, 0) is 43.3 Å². The van der Waals surface area contributed by atoms with Crippen molar-refractivity contribution >= 4 is 46.2 Å². The van der Waals surface area contributed by atoms with Crippen LogP contribution in [0, 0.1) is 0 Å². The summed E-state index contributed by atoms with van der Waals surface area (Å²) in [6, 6.07) is 5.46. The highest BCUT2D eigenvalue weighted by Gasteiger charge is 2.09. The van der Waals surface area contributed by atoms with Crippen molar-refractivity contribution in [2.75, 3.05) is 18.4 Å². The summed E-state index contributed by atoms with van der Waals surface area (Å²) in [4.78, 5) is 2.23. The van der Waals surface area contributed by atoms with Gasteiger partial charge in [0, 0.05) is 18.8 Å². The molecule has 0 amide bonds. The predicted octanol–water partition coefficient (Wildman–Crippen LogP) is 5.59. The Balaban J connectivity index is 2.65. The van der Waals surface area contributed by atoms with Gasteiger partial charge in [0.15, 0.2) is 5.11 Å². The topological polar surface area (TPSA) is 15.3 Å². The average Bonchev–Trinajstić information content (AvgIpc) is 2.43. The van der Waals surface area contributed by atoms with Crippen LogP contribution in [0.1, 0.15) is 39.5 Å². The van der Waals surface area contributed by atoms with Crippen LogP contribution in [0.3, 0.4) is 0 Å². The van der Waals surface area contributed by atoms with Crippen molar-refractivity contribution in [3.05, 3.63) is 28.2 Å². The minimum atomic E-state index is 0.535. The summed E-state index contributed by atoms with van der Waals surface area (Å²) in [7, 11) is 0. The minimum Gasteiger partial charge on any atom is -0.349 e. The Kier molecular flexibility index (Phi) is 8.27. The van der Waals surface area contributed by atoms with Gasteiger partial charge in [0.05, 0.1) is 10.0 Å². The van der Waals surface area contributed by atoms with E-state index in [-0.39, 0.29) is 0 Å². The van der Waals surface area contributed by atoms with Gasteiger partial charge in [0.2, 0.25) is 0 Å². The normalized spacial score (nSPS) is 10.4. The third-order valence-corrected chi connectivity index (χ3v) is 4.12. The van der Waals surface area contributed by atoms with Crippen molar-refractivity contribution in [2.45, 2.75) is 39.5 Å². The van der Waals surface area contributed by atoms with E-state index in [1.807, 2.05) is 6.07 Å². The van der Waals surface area contributed by atoms with Gasteiger partial charge in [-0.15, -0.1) is 0 Å². The zero-order chi connectivity index (χ0) is 15.0. The molecule has 20 heavy (non-hydrogen) atoms. The van der Waals surface area contributed by atoms with Crippen LogP contribution in [0.15, 0.2) is 18.2 Å². The van der Waals surface area contributed by atoms with Crippen LogP contribution in [-0.4, -0.2) is 23.1 Å². The summed E-state index contributed by atoms with van der Waals surface area (Å²) >= 11 is 17.4. The maximum Gasteiger partial charge on any atom is 0.173 e. The molecule has 112 valence electrons. The molecule has 1 aromatic carbocycles. The van der Waals surface area contributed by atoms with E-state index in [1.54, 1.807) is 12.1 Å². The Bertz CT molecular complexity index is 430. The first-order valence-corrected chi connectivity index (χ1v) is 8.25. The maximum atomic E-state index is 6.02. The molecule has 0 radical (unpaired) electrons. The molecule has 0 saturated carbocycles. The van der Waals surface area contributed by atoms with E-state index >= 15 is 0 Å². The van der Waals surface area contributed by atoms with Gasteiger partial charge in [0.25, 0.3) is 0 Å². The van der Waals surface area contributed by atoms with Gasteiger partial charge in [-0.2, -0.15) is 0 Å². The Hall–Kier alpha value is -0.510. The number of hydrogen-bond acceptors (Lipinski definition) is 1. The van der Waals surface area contributed by atoms with E-state index in [0.717, 1.165) is 49.6 Å². The molecular formula is C15H22Cl2N2S. The first-order chi connectivity index (χ1) is 9.58. The predicted molar refractivity (Wildman–Crippen MR) is 94.1 cm³/mol. The van der Waals surface area contributed by atoms with Crippen LogP contribution >= 0.6 is 35.4 Å². The summed E-state index contributed by atoms with van der Waals surface area (Å²) in [5.74, 6) is 0. The molecule has 0 fully saturated rings. The Morgan fingerprint density at radius 2 is 1.70 bits per heavy atom. The highest BCUT2D eigenvalue weighted by molar-refractivity contribution is 7.80. The fourth-order valence-corrected chi connectivity index (χ4v) is 2.39. The number of benzene rings is 1. The molecular weight excluding hydrogens is 311 g/mol. The summed E-state index contributed by atoms with van der Waals surface area (Å²) in [6.07, 6.45) is 4.62. The lowest BCUT2D eigenvalue weighted by Gasteiger charge is -2.25. The van der Waals surface area contributed by atoms with E-state index in [2.05, 4.69) is 24.1 Å². The molecule has 0 unspecified atom stereocenters. The Morgan fingerprint density at radius 3 is 2.20 bits per heavy atom. The first-order valence-electron chi connectivity index (χ1n) is 7.09. The van der Waals surface area contributed by atoms with Crippen LogP contribution in [0.25, 0.3) is 0 Å². The SMILES string of the molecule is CCCCN(CCCC)C(=S)Nc1ccc(Cl)c(Cl)c1. The summed E-state index contributed by atoms with van der Waals surface area (Å²) in [5.41, 5.74) is 0.877. The lowest BCUT2D eigenvalue weighted by atomic mass is 10.2. The molecule has 0 aliphatic carbocycles. The Morgan fingerprint density at radius 1 is 1.10 bits per heavy atom. The molecule has 0 spiro atoms. The number of nitrogens with zero attached hydrogens (tertiary/aromatic N) is 1. The first kappa shape index (κ1) is 17.5.